The first kappa shape index (κ1) is 20.8. The fourth-order valence-electron chi connectivity index (χ4n) is 1.18. The Morgan fingerprint density at radius 2 is 1.53 bits per heavy atom. The molecule has 0 unspecified atom stereocenters. The van der Waals surface area contributed by atoms with E-state index >= 15 is 0 Å². The Balaban J connectivity index is 0. The molecule has 0 aliphatic carbocycles. The van der Waals surface area contributed by atoms with Crippen LogP contribution in [-0.2, 0) is 14.3 Å². The van der Waals surface area contributed by atoms with Crippen LogP contribution >= 0.6 is 0 Å². The van der Waals surface area contributed by atoms with Gasteiger partial charge in [0, 0.05) is 13.5 Å². The molecule has 0 amide bonds. The first-order valence-corrected chi connectivity index (χ1v) is 7.00. The van der Waals surface area contributed by atoms with Crippen molar-refractivity contribution in [1.29, 1.82) is 0 Å². The second-order valence-corrected chi connectivity index (χ2v) is 4.26. The van der Waals surface area contributed by atoms with Gasteiger partial charge in [-0.25, -0.2) is 0 Å². The van der Waals surface area contributed by atoms with Crippen LogP contribution in [0.3, 0.4) is 0 Å². The van der Waals surface area contributed by atoms with Gasteiger partial charge >= 0.3 is 6.11 Å². The van der Waals surface area contributed by atoms with E-state index in [-0.39, 0.29) is 12.7 Å². The fraction of sp³-hybridized carbons (Fsp3) is 0.929. The van der Waals surface area contributed by atoms with E-state index < -0.39 is 11.9 Å². The molecule has 0 spiro atoms. The van der Waals surface area contributed by atoms with E-state index in [2.05, 4.69) is 4.74 Å². The van der Waals surface area contributed by atoms with Crippen LogP contribution in [-0.4, -0.2) is 31.2 Å². The molecule has 116 valence electrons. The number of carbonyl (C=O) groups excluding carboxylic acids is 1. The second-order valence-electron chi connectivity index (χ2n) is 4.26. The minimum Gasteiger partial charge on any atom is -0.379 e. The molecule has 5 heteroatoms. The molecule has 0 aromatic carbocycles. The summed E-state index contributed by atoms with van der Waals surface area (Å²) in [5, 5.41) is 0. The molecule has 0 radical (unpaired) electrons. The van der Waals surface area contributed by atoms with Crippen LogP contribution in [0.1, 0.15) is 60.3 Å². The number of rotatable bonds is 10. The van der Waals surface area contributed by atoms with Crippen LogP contribution in [0.25, 0.3) is 0 Å². The fourth-order valence-corrected chi connectivity index (χ4v) is 1.18. The van der Waals surface area contributed by atoms with Gasteiger partial charge < -0.3 is 9.47 Å². The Kier molecular flexibility index (Phi) is 13.6. The number of ether oxygens (including phenoxy) is 2. The zero-order valence-corrected chi connectivity index (χ0v) is 12.8. The van der Waals surface area contributed by atoms with Crippen LogP contribution in [0.2, 0.25) is 0 Å². The van der Waals surface area contributed by atoms with Gasteiger partial charge in [-0.3, -0.25) is 4.79 Å². The standard InChI is InChI=1S/C12H22F2O3.C2H6/c1-10(2)16-8-6-4-5-7-9-17-12(13,14)11(3)15;1-2/h10H,4-9H2,1-3H3;1-2H3. The summed E-state index contributed by atoms with van der Waals surface area (Å²) in [5.74, 6) is -1.25. The summed E-state index contributed by atoms with van der Waals surface area (Å²) >= 11 is 0. The lowest BCUT2D eigenvalue weighted by Crippen LogP contribution is -2.30. The van der Waals surface area contributed by atoms with Gasteiger partial charge in [0.1, 0.15) is 0 Å². The Hall–Kier alpha value is -0.550. The van der Waals surface area contributed by atoms with E-state index in [1.54, 1.807) is 0 Å². The molecule has 0 saturated carbocycles. The van der Waals surface area contributed by atoms with Crippen molar-refractivity contribution in [2.75, 3.05) is 13.2 Å². The van der Waals surface area contributed by atoms with Crippen molar-refractivity contribution in [3.63, 3.8) is 0 Å². The average molecular weight is 282 g/mol. The number of Topliss-reactive ketones (excluding diaryl/α,β-unsaturated/α-hetero) is 1. The smallest absolute Gasteiger partial charge is 0.379 e. The number of carbonyl (C=O) groups is 1. The van der Waals surface area contributed by atoms with Crippen molar-refractivity contribution in [2.24, 2.45) is 0 Å². The highest BCUT2D eigenvalue weighted by Gasteiger charge is 2.35. The predicted molar refractivity (Wildman–Crippen MR) is 72.5 cm³/mol. The van der Waals surface area contributed by atoms with Gasteiger partial charge in [0.2, 0.25) is 5.78 Å². The van der Waals surface area contributed by atoms with Gasteiger partial charge in [0.05, 0.1) is 12.7 Å². The van der Waals surface area contributed by atoms with Gasteiger partial charge in [-0.1, -0.05) is 26.7 Å². The molecule has 0 aromatic heterocycles. The van der Waals surface area contributed by atoms with E-state index in [1.807, 2.05) is 27.7 Å². The third-order valence-corrected chi connectivity index (χ3v) is 2.18. The second kappa shape index (κ2) is 12.5. The summed E-state index contributed by atoms with van der Waals surface area (Å²) in [4.78, 5) is 10.4. The van der Waals surface area contributed by atoms with Crippen LogP contribution < -0.4 is 0 Å². The molecule has 3 nitrogen and oxygen atoms in total. The molecule has 0 bridgehead atoms. The first-order chi connectivity index (χ1) is 8.86. The summed E-state index contributed by atoms with van der Waals surface area (Å²) in [6, 6.07) is 0. The van der Waals surface area contributed by atoms with Crippen LogP contribution in [0.15, 0.2) is 0 Å². The summed E-state index contributed by atoms with van der Waals surface area (Å²) in [5.41, 5.74) is 0. The zero-order valence-electron chi connectivity index (χ0n) is 12.8. The molecule has 0 fully saturated rings. The van der Waals surface area contributed by atoms with Gasteiger partial charge in [0.15, 0.2) is 0 Å². The van der Waals surface area contributed by atoms with Crippen molar-refractivity contribution in [1.82, 2.24) is 0 Å². The van der Waals surface area contributed by atoms with Crippen molar-refractivity contribution in [3.05, 3.63) is 0 Å². The van der Waals surface area contributed by atoms with Crippen molar-refractivity contribution in [3.8, 4) is 0 Å². The zero-order chi connectivity index (χ0) is 15.3. The van der Waals surface area contributed by atoms with Crippen molar-refractivity contribution in [2.45, 2.75) is 72.5 Å². The van der Waals surface area contributed by atoms with E-state index in [4.69, 9.17) is 4.74 Å². The lowest BCUT2D eigenvalue weighted by molar-refractivity contribution is -0.227. The van der Waals surface area contributed by atoms with Gasteiger partial charge in [0.25, 0.3) is 0 Å². The van der Waals surface area contributed by atoms with Crippen LogP contribution in [0, 0.1) is 0 Å². The summed E-state index contributed by atoms with van der Waals surface area (Å²) in [7, 11) is 0. The quantitative estimate of drug-likeness (QED) is 0.563. The normalized spacial score (nSPS) is 11.2. The van der Waals surface area contributed by atoms with Gasteiger partial charge in [-0.05, 0) is 26.7 Å². The number of unbranched alkanes of at least 4 members (excludes halogenated alkanes) is 3. The number of ketones is 1. The highest BCUT2D eigenvalue weighted by molar-refractivity contribution is 5.81. The lowest BCUT2D eigenvalue weighted by Gasteiger charge is -2.13. The van der Waals surface area contributed by atoms with Crippen LogP contribution in [0.5, 0.6) is 0 Å². The monoisotopic (exact) mass is 282 g/mol. The van der Waals surface area contributed by atoms with Gasteiger partial charge in [-0.15, -0.1) is 0 Å². The Morgan fingerprint density at radius 3 is 1.95 bits per heavy atom. The average Bonchev–Trinajstić information content (AvgIpc) is 2.34. The molecule has 19 heavy (non-hydrogen) atoms. The molecule has 0 N–H and O–H groups in total. The molecule has 0 aliphatic rings. The van der Waals surface area contributed by atoms with E-state index in [0.29, 0.717) is 13.0 Å². The van der Waals surface area contributed by atoms with E-state index in [1.165, 1.54) is 0 Å². The maximum atomic E-state index is 12.7. The molecule has 0 saturated heterocycles. The molecule has 0 atom stereocenters. The molecule has 0 rings (SSSR count). The minimum absolute atomic E-state index is 0.0857. The predicted octanol–water partition coefficient (Wildman–Crippen LogP) is 4.20. The maximum absolute atomic E-state index is 12.7. The Labute approximate surface area is 115 Å². The highest BCUT2D eigenvalue weighted by Crippen LogP contribution is 2.17. The molecular weight excluding hydrogens is 254 g/mol. The van der Waals surface area contributed by atoms with Crippen molar-refractivity contribution < 1.29 is 23.0 Å². The molecule has 0 heterocycles. The number of halogens is 2. The maximum Gasteiger partial charge on any atom is 0.415 e. The van der Waals surface area contributed by atoms with E-state index in [9.17, 15) is 13.6 Å². The van der Waals surface area contributed by atoms with Gasteiger partial charge in [-0.2, -0.15) is 8.78 Å². The summed E-state index contributed by atoms with van der Waals surface area (Å²) in [6.45, 7) is 9.37. The number of hydrogen-bond donors (Lipinski definition) is 0. The topological polar surface area (TPSA) is 35.5 Å². The number of hydrogen-bond acceptors (Lipinski definition) is 3. The summed E-state index contributed by atoms with van der Waals surface area (Å²) in [6.07, 6.45) is -0.225. The third kappa shape index (κ3) is 13.7. The number of alkyl halides is 2. The Morgan fingerprint density at radius 1 is 1.05 bits per heavy atom. The first-order valence-electron chi connectivity index (χ1n) is 7.00. The molecular formula is C14H28F2O3. The Bertz CT molecular complexity index is 219. The molecule has 0 aliphatic heterocycles. The van der Waals surface area contributed by atoms with Crippen molar-refractivity contribution >= 4 is 5.78 Å². The largest absolute Gasteiger partial charge is 0.415 e. The van der Waals surface area contributed by atoms with Crippen LogP contribution in [0.4, 0.5) is 8.78 Å². The lowest BCUT2D eigenvalue weighted by atomic mass is 10.2. The van der Waals surface area contributed by atoms with E-state index in [0.717, 1.165) is 26.2 Å². The highest BCUT2D eigenvalue weighted by atomic mass is 19.3. The SMILES string of the molecule is CC.CC(=O)C(F)(F)OCCCCCCOC(C)C. The third-order valence-electron chi connectivity index (χ3n) is 2.18. The minimum atomic E-state index is -3.62. The summed E-state index contributed by atoms with van der Waals surface area (Å²) < 4.78 is 34.9. The molecule has 0 aromatic rings.